The van der Waals surface area contributed by atoms with Crippen LogP contribution < -0.4 is 10.9 Å². The molecule has 0 fully saturated rings. The van der Waals surface area contributed by atoms with Gasteiger partial charge in [0.1, 0.15) is 17.0 Å². The standard InChI is InChI=1S/C22H22N4O2/c1-3-15(2)23-21(27)18-13-17-20(26(18)14-16-9-5-4-6-10-16)24-19-11-7-8-12-25(19)22(17)28/h4-13,15H,3,14H2,1-2H3,(H,23,27)/t15-/m0/s1. The van der Waals surface area contributed by atoms with Gasteiger partial charge in [0.25, 0.3) is 11.5 Å². The molecule has 1 atom stereocenters. The molecule has 142 valence electrons. The fourth-order valence-electron chi connectivity index (χ4n) is 3.27. The lowest BCUT2D eigenvalue weighted by Gasteiger charge is -2.14. The first-order valence-electron chi connectivity index (χ1n) is 9.44. The second-order valence-electron chi connectivity index (χ2n) is 6.97. The number of nitrogens with one attached hydrogen (secondary N) is 1. The lowest BCUT2D eigenvalue weighted by Crippen LogP contribution is -2.33. The molecule has 0 spiro atoms. The summed E-state index contributed by atoms with van der Waals surface area (Å²) >= 11 is 0. The van der Waals surface area contributed by atoms with Crippen LogP contribution in [0.2, 0.25) is 0 Å². The molecule has 0 bridgehead atoms. The third kappa shape index (κ3) is 3.17. The number of carbonyl (C=O) groups is 1. The first-order chi connectivity index (χ1) is 13.6. The Hall–Kier alpha value is -3.41. The van der Waals surface area contributed by atoms with E-state index in [1.807, 2.05) is 54.8 Å². The number of aromatic nitrogens is 3. The third-order valence-electron chi connectivity index (χ3n) is 4.98. The highest BCUT2D eigenvalue weighted by Crippen LogP contribution is 2.19. The summed E-state index contributed by atoms with van der Waals surface area (Å²) in [5, 5.41) is 3.44. The molecule has 4 aromatic rings. The number of rotatable bonds is 5. The Bertz CT molecular complexity index is 1210. The molecule has 6 nitrogen and oxygen atoms in total. The van der Waals surface area contributed by atoms with Gasteiger partial charge in [0.15, 0.2) is 0 Å². The molecular weight excluding hydrogens is 352 g/mol. The molecule has 1 N–H and O–H groups in total. The maximum absolute atomic E-state index is 13.0. The maximum Gasteiger partial charge on any atom is 0.268 e. The van der Waals surface area contributed by atoms with E-state index in [4.69, 9.17) is 0 Å². The van der Waals surface area contributed by atoms with Gasteiger partial charge in [0.2, 0.25) is 0 Å². The van der Waals surface area contributed by atoms with Crippen LogP contribution in [-0.2, 0) is 6.54 Å². The molecule has 1 aromatic carbocycles. The lowest BCUT2D eigenvalue weighted by atomic mass is 10.2. The van der Waals surface area contributed by atoms with E-state index in [0.717, 1.165) is 12.0 Å². The molecule has 0 saturated heterocycles. The van der Waals surface area contributed by atoms with E-state index < -0.39 is 0 Å². The number of fused-ring (bicyclic) bond motifs is 2. The van der Waals surface area contributed by atoms with Gasteiger partial charge in [0, 0.05) is 18.8 Å². The van der Waals surface area contributed by atoms with Crippen molar-refractivity contribution in [2.24, 2.45) is 0 Å². The SMILES string of the molecule is CC[C@H](C)NC(=O)c1cc2c(=O)n3ccccc3nc2n1Cc1ccccc1. The summed E-state index contributed by atoms with van der Waals surface area (Å²) < 4.78 is 3.34. The second kappa shape index (κ2) is 7.31. The molecule has 0 saturated carbocycles. The Kier molecular flexibility index (Phi) is 4.69. The average Bonchev–Trinajstić information content (AvgIpc) is 3.07. The Morgan fingerprint density at radius 3 is 2.64 bits per heavy atom. The van der Waals surface area contributed by atoms with Gasteiger partial charge < -0.3 is 9.88 Å². The molecule has 0 aliphatic carbocycles. The number of amides is 1. The molecule has 3 heterocycles. The Labute approximate surface area is 162 Å². The van der Waals surface area contributed by atoms with Gasteiger partial charge in [0.05, 0.1) is 5.39 Å². The summed E-state index contributed by atoms with van der Waals surface area (Å²) in [6, 6.07) is 17.0. The van der Waals surface area contributed by atoms with Crippen molar-refractivity contribution in [2.45, 2.75) is 32.9 Å². The summed E-state index contributed by atoms with van der Waals surface area (Å²) in [5.41, 5.74) is 2.38. The van der Waals surface area contributed by atoms with E-state index in [9.17, 15) is 9.59 Å². The van der Waals surface area contributed by atoms with Crippen LogP contribution in [-0.4, -0.2) is 25.9 Å². The van der Waals surface area contributed by atoms with Crippen LogP contribution in [0.3, 0.4) is 0 Å². The monoisotopic (exact) mass is 374 g/mol. The average molecular weight is 374 g/mol. The van der Waals surface area contributed by atoms with Gasteiger partial charge in [-0.2, -0.15) is 0 Å². The number of nitrogens with zero attached hydrogens (tertiary/aromatic N) is 3. The van der Waals surface area contributed by atoms with Gasteiger partial charge >= 0.3 is 0 Å². The summed E-state index contributed by atoms with van der Waals surface area (Å²) in [6.07, 6.45) is 2.52. The Balaban J connectivity index is 1.94. The number of hydrogen-bond donors (Lipinski definition) is 1. The molecule has 4 rings (SSSR count). The highest BCUT2D eigenvalue weighted by molar-refractivity contribution is 5.98. The predicted molar refractivity (Wildman–Crippen MR) is 110 cm³/mol. The van der Waals surface area contributed by atoms with E-state index in [1.54, 1.807) is 24.4 Å². The van der Waals surface area contributed by atoms with Crippen LogP contribution in [0.15, 0.2) is 65.6 Å². The lowest BCUT2D eigenvalue weighted by molar-refractivity contribution is 0.0930. The summed E-state index contributed by atoms with van der Waals surface area (Å²) in [5.74, 6) is -0.197. The number of pyridine rings is 1. The topological polar surface area (TPSA) is 68.4 Å². The molecule has 0 aliphatic rings. The molecule has 1 amide bonds. The van der Waals surface area contributed by atoms with Crippen molar-refractivity contribution in [3.8, 4) is 0 Å². The van der Waals surface area contributed by atoms with Gasteiger partial charge in [-0.1, -0.05) is 43.3 Å². The minimum absolute atomic E-state index is 0.0452. The minimum Gasteiger partial charge on any atom is -0.348 e. The molecule has 0 aliphatic heterocycles. The highest BCUT2D eigenvalue weighted by Gasteiger charge is 2.20. The van der Waals surface area contributed by atoms with Crippen LogP contribution in [0.1, 0.15) is 36.3 Å². The largest absolute Gasteiger partial charge is 0.348 e. The zero-order chi connectivity index (χ0) is 19.7. The Morgan fingerprint density at radius 1 is 1.14 bits per heavy atom. The zero-order valence-electron chi connectivity index (χ0n) is 15.9. The van der Waals surface area contributed by atoms with Crippen LogP contribution in [0.5, 0.6) is 0 Å². The Morgan fingerprint density at radius 2 is 1.89 bits per heavy atom. The number of hydrogen-bond acceptors (Lipinski definition) is 3. The van der Waals surface area contributed by atoms with Gasteiger partial charge in [-0.15, -0.1) is 0 Å². The first-order valence-corrected chi connectivity index (χ1v) is 9.44. The molecule has 28 heavy (non-hydrogen) atoms. The van der Waals surface area contributed by atoms with E-state index in [0.29, 0.717) is 28.9 Å². The smallest absolute Gasteiger partial charge is 0.268 e. The third-order valence-corrected chi connectivity index (χ3v) is 4.98. The zero-order valence-corrected chi connectivity index (χ0v) is 15.9. The van der Waals surface area contributed by atoms with E-state index >= 15 is 0 Å². The predicted octanol–water partition coefficient (Wildman–Crippen LogP) is 3.23. The van der Waals surface area contributed by atoms with Crippen molar-refractivity contribution in [1.29, 1.82) is 0 Å². The van der Waals surface area contributed by atoms with Crippen molar-refractivity contribution >= 4 is 22.6 Å². The molecule has 0 radical (unpaired) electrons. The molecule has 3 aromatic heterocycles. The number of benzene rings is 1. The van der Waals surface area contributed by atoms with E-state index in [1.165, 1.54) is 4.40 Å². The van der Waals surface area contributed by atoms with Crippen molar-refractivity contribution in [1.82, 2.24) is 19.3 Å². The van der Waals surface area contributed by atoms with E-state index in [2.05, 4.69) is 10.3 Å². The minimum atomic E-state index is -0.197. The first kappa shape index (κ1) is 18.0. The molecule has 6 heteroatoms. The van der Waals surface area contributed by atoms with Gasteiger partial charge in [-0.05, 0) is 37.1 Å². The fourth-order valence-corrected chi connectivity index (χ4v) is 3.27. The van der Waals surface area contributed by atoms with Crippen LogP contribution >= 0.6 is 0 Å². The van der Waals surface area contributed by atoms with Crippen molar-refractivity contribution in [2.75, 3.05) is 0 Å². The van der Waals surface area contributed by atoms with E-state index in [-0.39, 0.29) is 17.5 Å². The normalized spacial score (nSPS) is 12.4. The fraction of sp³-hybridized carbons (Fsp3) is 0.227. The van der Waals surface area contributed by atoms with Gasteiger partial charge in [-0.25, -0.2) is 4.98 Å². The summed E-state index contributed by atoms with van der Waals surface area (Å²) in [6.45, 7) is 4.44. The van der Waals surface area contributed by atoms with Crippen molar-refractivity contribution < 1.29 is 4.79 Å². The van der Waals surface area contributed by atoms with Crippen molar-refractivity contribution in [3.63, 3.8) is 0 Å². The quantitative estimate of drug-likeness (QED) is 0.583. The molecule has 0 unspecified atom stereocenters. The van der Waals surface area contributed by atoms with Crippen LogP contribution in [0.25, 0.3) is 16.7 Å². The van der Waals surface area contributed by atoms with Crippen molar-refractivity contribution in [3.05, 3.63) is 82.4 Å². The van der Waals surface area contributed by atoms with Crippen LogP contribution in [0.4, 0.5) is 0 Å². The number of carbonyl (C=O) groups excluding carboxylic acids is 1. The second-order valence-corrected chi connectivity index (χ2v) is 6.97. The maximum atomic E-state index is 13.0. The molecular formula is C22H22N4O2. The van der Waals surface area contributed by atoms with Crippen LogP contribution in [0, 0.1) is 0 Å². The summed E-state index contributed by atoms with van der Waals surface area (Å²) in [4.78, 5) is 30.6. The van der Waals surface area contributed by atoms with Gasteiger partial charge in [-0.3, -0.25) is 14.0 Å². The highest BCUT2D eigenvalue weighted by atomic mass is 16.2. The summed E-state index contributed by atoms with van der Waals surface area (Å²) in [7, 11) is 0.